The fourth-order valence-electron chi connectivity index (χ4n) is 1.48. The van der Waals surface area contributed by atoms with Crippen molar-refractivity contribution < 1.29 is 12.8 Å². The smallest absolute Gasteiger partial charge is 0.278 e. The van der Waals surface area contributed by atoms with Crippen molar-refractivity contribution in [2.45, 2.75) is 11.9 Å². The molecule has 19 heavy (non-hydrogen) atoms. The molecule has 0 aliphatic heterocycles. The van der Waals surface area contributed by atoms with Crippen LogP contribution in [0.3, 0.4) is 0 Å². The standard InChI is InChI=1S/C12H10BrFN2O2S/c1-8-9(13)4-2-6-11(8)16-19(17,18)12-10(14)5-3-7-15-12/h2-7,16H,1H3. The maximum absolute atomic E-state index is 13.5. The van der Waals surface area contributed by atoms with Crippen LogP contribution in [0, 0.1) is 12.7 Å². The number of halogens is 2. The quantitative estimate of drug-likeness (QED) is 0.930. The van der Waals surface area contributed by atoms with Crippen LogP contribution in [-0.4, -0.2) is 13.4 Å². The summed E-state index contributed by atoms with van der Waals surface area (Å²) in [5.41, 5.74) is 1.09. The topological polar surface area (TPSA) is 59.1 Å². The van der Waals surface area contributed by atoms with Crippen LogP contribution in [0.25, 0.3) is 0 Å². The highest BCUT2D eigenvalue weighted by atomic mass is 79.9. The number of rotatable bonds is 3. The summed E-state index contributed by atoms with van der Waals surface area (Å²) in [7, 11) is -4.04. The van der Waals surface area contributed by atoms with Gasteiger partial charge in [-0.15, -0.1) is 0 Å². The van der Waals surface area contributed by atoms with Crippen molar-refractivity contribution in [2.24, 2.45) is 0 Å². The number of sulfonamides is 1. The first-order chi connectivity index (χ1) is 8.92. The van der Waals surface area contributed by atoms with Gasteiger partial charge in [-0.2, -0.15) is 8.42 Å². The van der Waals surface area contributed by atoms with E-state index in [9.17, 15) is 12.8 Å². The zero-order valence-electron chi connectivity index (χ0n) is 9.89. The van der Waals surface area contributed by atoms with Gasteiger partial charge in [-0.3, -0.25) is 4.72 Å². The third-order valence-electron chi connectivity index (χ3n) is 2.49. The molecule has 1 heterocycles. The van der Waals surface area contributed by atoms with Crippen molar-refractivity contribution >= 4 is 31.6 Å². The Morgan fingerprint density at radius 2 is 2.00 bits per heavy atom. The predicted octanol–water partition coefficient (Wildman–Crippen LogP) is 3.09. The number of hydrogen-bond donors (Lipinski definition) is 1. The third-order valence-corrected chi connectivity index (χ3v) is 4.65. The van der Waals surface area contributed by atoms with Crippen LogP contribution in [-0.2, 0) is 10.0 Å². The van der Waals surface area contributed by atoms with E-state index in [1.54, 1.807) is 25.1 Å². The molecule has 2 rings (SSSR count). The van der Waals surface area contributed by atoms with E-state index in [0.29, 0.717) is 11.3 Å². The highest BCUT2D eigenvalue weighted by molar-refractivity contribution is 9.10. The summed E-state index contributed by atoms with van der Waals surface area (Å²) in [5, 5.41) is -0.616. The molecule has 1 aromatic heterocycles. The average molecular weight is 345 g/mol. The van der Waals surface area contributed by atoms with E-state index in [0.717, 1.165) is 10.5 Å². The van der Waals surface area contributed by atoms with Gasteiger partial charge in [0.2, 0.25) is 5.03 Å². The first-order valence-electron chi connectivity index (χ1n) is 5.30. The van der Waals surface area contributed by atoms with Gasteiger partial charge in [-0.05, 0) is 36.8 Å². The number of nitrogens with one attached hydrogen (secondary N) is 1. The molecular formula is C12H10BrFN2O2S. The fraction of sp³-hybridized carbons (Fsp3) is 0.0833. The number of pyridine rings is 1. The summed E-state index contributed by atoms with van der Waals surface area (Å²) < 4.78 is 40.7. The van der Waals surface area contributed by atoms with E-state index in [4.69, 9.17) is 0 Å². The van der Waals surface area contributed by atoms with Crippen molar-refractivity contribution in [2.75, 3.05) is 4.72 Å². The highest BCUT2D eigenvalue weighted by Gasteiger charge is 2.21. The zero-order chi connectivity index (χ0) is 14.0. The average Bonchev–Trinajstić information content (AvgIpc) is 2.35. The Morgan fingerprint density at radius 3 is 2.68 bits per heavy atom. The molecule has 0 amide bonds. The molecule has 0 aliphatic rings. The number of nitrogens with zero attached hydrogens (tertiary/aromatic N) is 1. The second-order valence-corrected chi connectivity index (χ2v) is 6.26. The molecule has 0 radical (unpaired) electrons. The SMILES string of the molecule is Cc1c(Br)cccc1NS(=O)(=O)c1ncccc1F. The minimum Gasteiger partial charge on any atom is -0.278 e. The minimum atomic E-state index is -4.04. The second kappa shape index (κ2) is 5.26. The van der Waals surface area contributed by atoms with Crippen LogP contribution in [0.2, 0.25) is 0 Å². The first kappa shape index (κ1) is 14.0. The normalized spacial score (nSPS) is 11.3. The predicted molar refractivity (Wildman–Crippen MR) is 73.9 cm³/mol. The Bertz CT molecular complexity index is 719. The molecule has 0 unspecified atom stereocenters. The number of anilines is 1. The number of benzene rings is 1. The van der Waals surface area contributed by atoms with Crippen molar-refractivity contribution in [1.29, 1.82) is 0 Å². The molecule has 0 saturated heterocycles. The van der Waals surface area contributed by atoms with Gasteiger partial charge in [-0.25, -0.2) is 9.37 Å². The highest BCUT2D eigenvalue weighted by Crippen LogP contribution is 2.25. The van der Waals surface area contributed by atoms with E-state index < -0.39 is 20.9 Å². The molecular weight excluding hydrogens is 335 g/mol. The van der Waals surface area contributed by atoms with E-state index in [1.165, 1.54) is 12.3 Å². The molecule has 7 heteroatoms. The lowest BCUT2D eigenvalue weighted by atomic mass is 10.2. The van der Waals surface area contributed by atoms with Crippen LogP contribution in [0.5, 0.6) is 0 Å². The molecule has 0 aliphatic carbocycles. The fourth-order valence-corrected chi connectivity index (χ4v) is 2.98. The van der Waals surface area contributed by atoms with Gasteiger partial charge in [0.25, 0.3) is 10.0 Å². The number of aromatic nitrogens is 1. The monoisotopic (exact) mass is 344 g/mol. The zero-order valence-corrected chi connectivity index (χ0v) is 12.3. The first-order valence-corrected chi connectivity index (χ1v) is 7.58. The van der Waals surface area contributed by atoms with Crippen molar-refractivity contribution in [3.8, 4) is 0 Å². The van der Waals surface area contributed by atoms with Crippen molar-refractivity contribution in [3.05, 3.63) is 52.4 Å². The third kappa shape index (κ3) is 2.93. The maximum Gasteiger partial charge on any atom is 0.282 e. The Balaban J connectivity index is 2.43. The molecule has 0 atom stereocenters. The summed E-state index contributed by atoms with van der Waals surface area (Å²) in [4.78, 5) is 3.56. The summed E-state index contributed by atoms with van der Waals surface area (Å²) >= 11 is 3.30. The van der Waals surface area contributed by atoms with E-state index >= 15 is 0 Å². The minimum absolute atomic E-state index is 0.374. The van der Waals surface area contributed by atoms with E-state index in [1.807, 2.05) is 0 Å². The van der Waals surface area contributed by atoms with Crippen LogP contribution in [0.1, 0.15) is 5.56 Å². The molecule has 0 bridgehead atoms. The molecule has 0 fully saturated rings. The van der Waals surface area contributed by atoms with Gasteiger partial charge in [0.15, 0.2) is 5.82 Å². The second-order valence-electron chi connectivity index (χ2n) is 3.81. The van der Waals surface area contributed by atoms with E-state index in [-0.39, 0.29) is 0 Å². The summed E-state index contributed by atoms with van der Waals surface area (Å²) in [5.74, 6) is -0.886. The van der Waals surface area contributed by atoms with Crippen LogP contribution >= 0.6 is 15.9 Å². The Kier molecular flexibility index (Phi) is 3.86. The van der Waals surface area contributed by atoms with Crippen molar-refractivity contribution in [3.63, 3.8) is 0 Å². The van der Waals surface area contributed by atoms with Gasteiger partial charge in [0, 0.05) is 10.7 Å². The lowest BCUT2D eigenvalue weighted by Gasteiger charge is -2.11. The maximum atomic E-state index is 13.5. The van der Waals surface area contributed by atoms with Crippen LogP contribution in [0.15, 0.2) is 46.0 Å². The van der Waals surface area contributed by atoms with Gasteiger partial charge in [0.05, 0.1) is 5.69 Å². The lowest BCUT2D eigenvalue weighted by molar-refractivity contribution is 0.557. The Labute approximate surface area is 118 Å². The van der Waals surface area contributed by atoms with Gasteiger partial charge < -0.3 is 0 Å². The molecule has 0 saturated carbocycles. The molecule has 0 spiro atoms. The molecule has 100 valence electrons. The Hall–Kier alpha value is -1.47. The molecule has 1 aromatic carbocycles. The summed E-state index contributed by atoms with van der Waals surface area (Å²) in [6.07, 6.45) is 1.23. The lowest BCUT2D eigenvalue weighted by Crippen LogP contribution is -2.16. The molecule has 4 nitrogen and oxygen atoms in total. The Morgan fingerprint density at radius 1 is 1.26 bits per heavy atom. The molecule has 2 aromatic rings. The molecule has 1 N–H and O–H groups in total. The van der Waals surface area contributed by atoms with Crippen molar-refractivity contribution in [1.82, 2.24) is 4.98 Å². The summed E-state index contributed by atoms with van der Waals surface area (Å²) in [6, 6.07) is 7.45. The number of hydrogen-bond acceptors (Lipinski definition) is 3. The van der Waals surface area contributed by atoms with Gasteiger partial charge >= 0.3 is 0 Å². The van der Waals surface area contributed by atoms with Gasteiger partial charge in [0.1, 0.15) is 0 Å². The summed E-state index contributed by atoms with van der Waals surface area (Å²) in [6.45, 7) is 1.75. The van der Waals surface area contributed by atoms with Crippen LogP contribution < -0.4 is 4.72 Å². The largest absolute Gasteiger partial charge is 0.282 e. The van der Waals surface area contributed by atoms with Gasteiger partial charge in [-0.1, -0.05) is 22.0 Å². The van der Waals surface area contributed by atoms with Crippen LogP contribution in [0.4, 0.5) is 10.1 Å². The van der Waals surface area contributed by atoms with E-state index in [2.05, 4.69) is 25.6 Å².